The number of ketones is 1. The standard InChI is InChI=1S/C15H16N2O2/c1-19-14-8-4-7-13(17-14)9-12(10-16)15(18)11-5-2-3-6-11/h4,7-9,11H,2-3,5-6H2,1H3. The Morgan fingerprint density at radius 2 is 2.21 bits per heavy atom. The van der Waals surface area contributed by atoms with E-state index in [0.29, 0.717) is 11.6 Å². The summed E-state index contributed by atoms with van der Waals surface area (Å²) < 4.78 is 5.02. The van der Waals surface area contributed by atoms with Crippen molar-refractivity contribution in [2.45, 2.75) is 25.7 Å². The lowest BCUT2D eigenvalue weighted by atomic mass is 9.96. The summed E-state index contributed by atoms with van der Waals surface area (Å²) in [6, 6.07) is 7.26. The van der Waals surface area contributed by atoms with E-state index in [1.807, 2.05) is 6.07 Å². The number of Topliss-reactive ketones (excluding diaryl/α,β-unsaturated/α-hetero) is 1. The second-order valence-electron chi connectivity index (χ2n) is 4.62. The van der Waals surface area contributed by atoms with E-state index in [9.17, 15) is 4.79 Å². The quantitative estimate of drug-likeness (QED) is 0.613. The third-order valence-electron chi connectivity index (χ3n) is 3.36. The molecule has 0 aliphatic heterocycles. The Kier molecular flexibility index (Phi) is 4.30. The van der Waals surface area contributed by atoms with Gasteiger partial charge in [0.25, 0.3) is 0 Å². The van der Waals surface area contributed by atoms with Gasteiger partial charge in [0.05, 0.1) is 18.4 Å². The van der Waals surface area contributed by atoms with Crippen molar-refractivity contribution < 1.29 is 9.53 Å². The largest absolute Gasteiger partial charge is 0.481 e. The molecule has 0 unspecified atom stereocenters. The summed E-state index contributed by atoms with van der Waals surface area (Å²) in [7, 11) is 1.53. The molecule has 1 fully saturated rings. The van der Waals surface area contributed by atoms with Crippen molar-refractivity contribution in [1.82, 2.24) is 4.98 Å². The minimum atomic E-state index is -0.0513. The third kappa shape index (κ3) is 3.19. The summed E-state index contributed by atoms with van der Waals surface area (Å²) in [6.45, 7) is 0. The highest BCUT2D eigenvalue weighted by molar-refractivity contribution is 6.04. The van der Waals surface area contributed by atoms with E-state index in [1.54, 1.807) is 24.3 Å². The van der Waals surface area contributed by atoms with Gasteiger partial charge in [-0.25, -0.2) is 4.98 Å². The first kappa shape index (κ1) is 13.3. The monoisotopic (exact) mass is 256 g/mol. The second kappa shape index (κ2) is 6.14. The SMILES string of the molecule is COc1cccc(C=C(C#N)C(=O)C2CCCC2)n1. The zero-order chi connectivity index (χ0) is 13.7. The number of aromatic nitrogens is 1. The molecule has 0 radical (unpaired) electrons. The van der Waals surface area contributed by atoms with Crippen LogP contribution in [-0.2, 0) is 4.79 Å². The lowest BCUT2D eigenvalue weighted by Gasteiger charge is -2.06. The van der Waals surface area contributed by atoms with Crippen molar-refractivity contribution in [2.75, 3.05) is 7.11 Å². The summed E-state index contributed by atoms with van der Waals surface area (Å²) in [6.07, 6.45) is 5.48. The Labute approximate surface area is 112 Å². The van der Waals surface area contributed by atoms with Gasteiger partial charge in [0.1, 0.15) is 6.07 Å². The van der Waals surface area contributed by atoms with Crippen LogP contribution in [0, 0.1) is 17.2 Å². The molecule has 0 amide bonds. The smallest absolute Gasteiger partial charge is 0.213 e. The molecular weight excluding hydrogens is 240 g/mol. The maximum absolute atomic E-state index is 12.2. The lowest BCUT2D eigenvalue weighted by molar-refractivity contribution is -0.118. The number of hydrogen-bond donors (Lipinski definition) is 0. The first-order valence-corrected chi connectivity index (χ1v) is 6.41. The molecule has 98 valence electrons. The maximum Gasteiger partial charge on any atom is 0.213 e. The molecule has 1 saturated carbocycles. The van der Waals surface area contributed by atoms with Crippen LogP contribution in [0.15, 0.2) is 23.8 Å². The van der Waals surface area contributed by atoms with E-state index < -0.39 is 0 Å². The van der Waals surface area contributed by atoms with E-state index in [-0.39, 0.29) is 17.3 Å². The topological polar surface area (TPSA) is 63.0 Å². The molecule has 0 spiro atoms. The number of carbonyl (C=O) groups is 1. The van der Waals surface area contributed by atoms with Gasteiger partial charge in [0, 0.05) is 12.0 Å². The van der Waals surface area contributed by atoms with Gasteiger partial charge in [-0.3, -0.25) is 4.79 Å². The van der Waals surface area contributed by atoms with Gasteiger partial charge in [0.15, 0.2) is 5.78 Å². The Hall–Kier alpha value is -2.15. The van der Waals surface area contributed by atoms with Crippen LogP contribution in [0.5, 0.6) is 5.88 Å². The van der Waals surface area contributed by atoms with E-state index >= 15 is 0 Å². The number of pyridine rings is 1. The zero-order valence-electron chi connectivity index (χ0n) is 10.9. The van der Waals surface area contributed by atoms with E-state index in [4.69, 9.17) is 10.00 Å². The van der Waals surface area contributed by atoms with Gasteiger partial charge in [-0.05, 0) is 25.0 Å². The average molecular weight is 256 g/mol. The molecular formula is C15H16N2O2. The number of allylic oxidation sites excluding steroid dienone is 1. The molecule has 1 aliphatic carbocycles. The molecule has 1 heterocycles. The predicted octanol–water partition coefficient (Wildman–Crippen LogP) is 2.76. The van der Waals surface area contributed by atoms with Gasteiger partial charge >= 0.3 is 0 Å². The molecule has 0 atom stereocenters. The fourth-order valence-corrected chi connectivity index (χ4v) is 2.34. The summed E-state index contributed by atoms with van der Waals surface area (Å²) in [4.78, 5) is 16.4. The second-order valence-corrected chi connectivity index (χ2v) is 4.62. The average Bonchev–Trinajstić information content (AvgIpc) is 2.98. The number of ether oxygens (including phenoxy) is 1. The Balaban J connectivity index is 2.22. The van der Waals surface area contributed by atoms with Crippen molar-refractivity contribution in [3.8, 4) is 11.9 Å². The molecule has 1 aromatic rings. The van der Waals surface area contributed by atoms with Crippen molar-refractivity contribution >= 4 is 11.9 Å². The number of methoxy groups -OCH3 is 1. The fourth-order valence-electron chi connectivity index (χ4n) is 2.34. The summed E-state index contributed by atoms with van der Waals surface area (Å²) in [5.41, 5.74) is 0.759. The molecule has 0 N–H and O–H groups in total. The number of hydrogen-bond acceptors (Lipinski definition) is 4. The van der Waals surface area contributed by atoms with E-state index in [1.165, 1.54) is 7.11 Å². The highest BCUT2D eigenvalue weighted by Gasteiger charge is 2.25. The predicted molar refractivity (Wildman–Crippen MR) is 71.3 cm³/mol. The molecule has 0 aromatic carbocycles. The Morgan fingerprint density at radius 3 is 2.84 bits per heavy atom. The van der Waals surface area contributed by atoms with Gasteiger partial charge in [0.2, 0.25) is 5.88 Å². The molecule has 19 heavy (non-hydrogen) atoms. The van der Waals surface area contributed by atoms with Gasteiger partial charge in [-0.2, -0.15) is 5.26 Å². The number of carbonyl (C=O) groups excluding carboxylic acids is 1. The first-order chi connectivity index (χ1) is 9.24. The van der Waals surface area contributed by atoms with Crippen LogP contribution in [-0.4, -0.2) is 17.9 Å². The maximum atomic E-state index is 12.2. The van der Waals surface area contributed by atoms with E-state index in [2.05, 4.69) is 4.98 Å². The lowest BCUT2D eigenvalue weighted by Crippen LogP contribution is -2.12. The van der Waals surface area contributed by atoms with Crippen LogP contribution in [0.1, 0.15) is 31.4 Å². The molecule has 0 bridgehead atoms. The Bertz CT molecular complexity index is 537. The minimum absolute atomic E-state index is 0.0107. The summed E-state index contributed by atoms with van der Waals surface area (Å²) >= 11 is 0. The third-order valence-corrected chi connectivity index (χ3v) is 3.36. The van der Waals surface area contributed by atoms with Crippen LogP contribution in [0.2, 0.25) is 0 Å². The molecule has 1 aliphatic rings. The summed E-state index contributed by atoms with van der Waals surface area (Å²) in [5, 5.41) is 9.15. The Morgan fingerprint density at radius 1 is 1.47 bits per heavy atom. The van der Waals surface area contributed by atoms with Crippen molar-refractivity contribution in [1.29, 1.82) is 5.26 Å². The van der Waals surface area contributed by atoms with E-state index in [0.717, 1.165) is 25.7 Å². The minimum Gasteiger partial charge on any atom is -0.481 e. The number of nitriles is 1. The molecule has 1 aromatic heterocycles. The van der Waals surface area contributed by atoms with Crippen LogP contribution in [0.4, 0.5) is 0 Å². The van der Waals surface area contributed by atoms with Crippen LogP contribution < -0.4 is 4.74 Å². The van der Waals surface area contributed by atoms with Crippen molar-refractivity contribution in [3.05, 3.63) is 29.5 Å². The molecule has 4 heteroatoms. The van der Waals surface area contributed by atoms with Crippen LogP contribution in [0.25, 0.3) is 6.08 Å². The van der Waals surface area contributed by atoms with Gasteiger partial charge in [-0.1, -0.05) is 18.9 Å². The normalized spacial score (nSPS) is 16.1. The van der Waals surface area contributed by atoms with Crippen LogP contribution >= 0.6 is 0 Å². The summed E-state index contributed by atoms with van der Waals surface area (Å²) in [5.74, 6) is 0.431. The highest BCUT2D eigenvalue weighted by Crippen LogP contribution is 2.28. The highest BCUT2D eigenvalue weighted by atomic mass is 16.5. The molecule has 0 saturated heterocycles. The van der Waals surface area contributed by atoms with Gasteiger partial charge in [-0.15, -0.1) is 0 Å². The molecule has 2 rings (SSSR count). The van der Waals surface area contributed by atoms with Crippen molar-refractivity contribution in [2.24, 2.45) is 5.92 Å². The van der Waals surface area contributed by atoms with Crippen molar-refractivity contribution in [3.63, 3.8) is 0 Å². The number of nitrogens with zero attached hydrogens (tertiary/aromatic N) is 2. The molecule has 4 nitrogen and oxygen atoms in total. The van der Waals surface area contributed by atoms with Crippen LogP contribution in [0.3, 0.4) is 0 Å². The number of rotatable bonds is 4. The first-order valence-electron chi connectivity index (χ1n) is 6.41. The zero-order valence-corrected chi connectivity index (χ0v) is 10.9. The van der Waals surface area contributed by atoms with Gasteiger partial charge < -0.3 is 4.74 Å². The fraction of sp³-hybridized carbons (Fsp3) is 0.400.